The van der Waals surface area contributed by atoms with Crippen LogP contribution in [0.15, 0.2) is 46.9 Å². The Balaban J connectivity index is 1.69. The summed E-state index contributed by atoms with van der Waals surface area (Å²) in [6.07, 6.45) is 0.879. The molecular weight excluding hydrogens is 447 g/mol. The predicted octanol–water partition coefficient (Wildman–Crippen LogP) is 3.76. The van der Waals surface area contributed by atoms with Crippen LogP contribution in [0.3, 0.4) is 0 Å². The molecule has 2 heterocycles. The fourth-order valence-electron chi connectivity index (χ4n) is 3.99. The van der Waals surface area contributed by atoms with Crippen LogP contribution in [0.4, 0.5) is 14.9 Å². The molecule has 0 aromatic heterocycles. The van der Waals surface area contributed by atoms with Gasteiger partial charge in [0.1, 0.15) is 5.82 Å². The Labute approximate surface area is 172 Å². The van der Waals surface area contributed by atoms with Gasteiger partial charge >= 0.3 is 6.03 Å². The standard InChI is InChI=1S/C20H20BrFN2O3S/c1-2-13-3-7-16(8-4-13)24-19-12-28(26,27)11-18(19)23(20(24)25)10-14-5-6-15(21)9-17(14)22/h3-9,18-19H,2,10-12H2,1H3/t18-,19+/m1/s1. The zero-order valence-electron chi connectivity index (χ0n) is 15.3. The third kappa shape index (κ3) is 3.43. The van der Waals surface area contributed by atoms with Gasteiger partial charge in [-0.25, -0.2) is 17.6 Å². The Morgan fingerprint density at radius 2 is 1.79 bits per heavy atom. The molecule has 0 saturated carbocycles. The quantitative estimate of drug-likeness (QED) is 0.644. The highest BCUT2D eigenvalue weighted by Gasteiger charge is 2.53. The molecule has 5 nitrogen and oxygen atoms in total. The first-order chi connectivity index (χ1) is 13.3. The van der Waals surface area contributed by atoms with Crippen molar-refractivity contribution < 1.29 is 17.6 Å². The zero-order valence-corrected chi connectivity index (χ0v) is 17.7. The highest BCUT2D eigenvalue weighted by Crippen LogP contribution is 2.36. The maximum atomic E-state index is 14.3. The van der Waals surface area contributed by atoms with E-state index in [-0.39, 0.29) is 24.1 Å². The summed E-state index contributed by atoms with van der Waals surface area (Å²) < 4.78 is 39.5. The lowest BCUT2D eigenvalue weighted by molar-refractivity contribution is 0.205. The van der Waals surface area contributed by atoms with E-state index in [1.165, 1.54) is 11.0 Å². The Morgan fingerprint density at radius 3 is 2.43 bits per heavy atom. The van der Waals surface area contributed by atoms with Crippen LogP contribution in [0, 0.1) is 5.82 Å². The molecule has 2 aliphatic rings. The smallest absolute Gasteiger partial charge is 0.314 e. The maximum Gasteiger partial charge on any atom is 0.325 e. The van der Waals surface area contributed by atoms with E-state index in [4.69, 9.17) is 0 Å². The van der Waals surface area contributed by atoms with E-state index in [0.717, 1.165) is 12.0 Å². The number of rotatable bonds is 4. The minimum Gasteiger partial charge on any atom is -0.314 e. The summed E-state index contributed by atoms with van der Waals surface area (Å²) in [5, 5.41) is 0. The Morgan fingerprint density at radius 1 is 1.11 bits per heavy atom. The molecule has 2 saturated heterocycles. The number of nitrogens with zero attached hydrogens (tertiary/aromatic N) is 2. The van der Waals surface area contributed by atoms with Gasteiger partial charge in [0, 0.05) is 15.7 Å². The number of fused-ring (bicyclic) bond motifs is 1. The van der Waals surface area contributed by atoms with Crippen molar-refractivity contribution in [2.75, 3.05) is 16.4 Å². The minimum atomic E-state index is -3.26. The van der Waals surface area contributed by atoms with Crippen LogP contribution in [0.25, 0.3) is 0 Å². The average molecular weight is 467 g/mol. The second kappa shape index (κ2) is 7.15. The highest BCUT2D eigenvalue weighted by atomic mass is 79.9. The number of hydrogen-bond donors (Lipinski definition) is 0. The van der Waals surface area contributed by atoms with Crippen molar-refractivity contribution in [3.8, 4) is 0 Å². The molecule has 4 rings (SSSR count). The lowest BCUT2D eigenvalue weighted by Crippen LogP contribution is -2.37. The van der Waals surface area contributed by atoms with Gasteiger partial charge in [0.05, 0.1) is 30.1 Å². The van der Waals surface area contributed by atoms with Gasteiger partial charge in [0.2, 0.25) is 0 Å². The lowest BCUT2D eigenvalue weighted by Gasteiger charge is -2.23. The number of aryl methyl sites for hydroxylation is 1. The number of carbonyl (C=O) groups is 1. The SMILES string of the molecule is CCc1ccc(N2C(=O)N(Cc3ccc(Br)cc3F)[C@@H]3CS(=O)(=O)C[C@@H]32)cc1. The van der Waals surface area contributed by atoms with Gasteiger partial charge in [-0.3, -0.25) is 4.90 Å². The molecule has 148 valence electrons. The average Bonchev–Trinajstić information content (AvgIpc) is 3.07. The topological polar surface area (TPSA) is 57.7 Å². The molecule has 0 unspecified atom stereocenters. The Bertz CT molecular complexity index is 1030. The molecule has 2 aromatic carbocycles. The van der Waals surface area contributed by atoms with Crippen LogP contribution in [-0.4, -0.2) is 42.9 Å². The van der Waals surface area contributed by atoms with Gasteiger partial charge in [-0.2, -0.15) is 0 Å². The number of hydrogen-bond acceptors (Lipinski definition) is 3. The van der Waals surface area contributed by atoms with Crippen LogP contribution in [0.2, 0.25) is 0 Å². The van der Waals surface area contributed by atoms with Crippen LogP contribution < -0.4 is 4.90 Å². The van der Waals surface area contributed by atoms with Crippen molar-refractivity contribution in [3.63, 3.8) is 0 Å². The van der Waals surface area contributed by atoms with Gasteiger partial charge in [-0.15, -0.1) is 0 Å². The summed E-state index contributed by atoms with van der Waals surface area (Å²) in [6.45, 7) is 2.09. The fraction of sp³-hybridized carbons (Fsp3) is 0.350. The summed E-state index contributed by atoms with van der Waals surface area (Å²) in [4.78, 5) is 16.2. The van der Waals surface area contributed by atoms with E-state index in [2.05, 4.69) is 15.9 Å². The first-order valence-electron chi connectivity index (χ1n) is 9.12. The van der Waals surface area contributed by atoms with Gasteiger partial charge in [0.15, 0.2) is 9.84 Å². The second-order valence-electron chi connectivity index (χ2n) is 7.25. The van der Waals surface area contributed by atoms with Gasteiger partial charge < -0.3 is 4.90 Å². The molecule has 2 amide bonds. The molecule has 0 bridgehead atoms. The number of sulfone groups is 1. The molecule has 2 fully saturated rings. The first kappa shape index (κ1) is 19.4. The third-order valence-electron chi connectivity index (χ3n) is 5.46. The van der Waals surface area contributed by atoms with E-state index in [9.17, 15) is 17.6 Å². The Kier molecular flexibility index (Phi) is 4.95. The van der Waals surface area contributed by atoms with Gasteiger partial charge in [-0.1, -0.05) is 41.1 Å². The van der Waals surface area contributed by atoms with Crippen LogP contribution in [0.1, 0.15) is 18.1 Å². The molecule has 0 radical (unpaired) electrons. The fourth-order valence-corrected chi connectivity index (χ4v) is 6.27. The van der Waals surface area contributed by atoms with Crippen LogP contribution >= 0.6 is 15.9 Å². The maximum absolute atomic E-state index is 14.3. The van der Waals surface area contributed by atoms with Crippen LogP contribution in [0.5, 0.6) is 0 Å². The monoisotopic (exact) mass is 466 g/mol. The van der Waals surface area contributed by atoms with Crippen LogP contribution in [-0.2, 0) is 22.8 Å². The number of anilines is 1. The van der Waals surface area contributed by atoms with E-state index in [1.54, 1.807) is 17.0 Å². The van der Waals surface area contributed by atoms with Crippen molar-refractivity contribution in [2.45, 2.75) is 32.0 Å². The van der Waals surface area contributed by atoms with Gasteiger partial charge in [-0.05, 0) is 36.2 Å². The normalized spacial score (nSPS) is 23.3. The van der Waals surface area contributed by atoms with Gasteiger partial charge in [0.25, 0.3) is 0 Å². The largest absolute Gasteiger partial charge is 0.325 e. The zero-order chi connectivity index (χ0) is 20.1. The number of carbonyl (C=O) groups excluding carboxylic acids is 1. The molecule has 8 heteroatoms. The summed E-state index contributed by atoms with van der Waals surface area (Å²) in [6, 6.07) is 11.0. The third-order valence-corrected chi connectivity index (χ3v) is 7.65. The van der Waals surface area contributed by atoms with Crippen molar-refractivity contribution in [3.05, 3.63) is 63.9 Å². The first-order valence-corrected chi connectivity index (χ1v) is 11.7. The summed E-state index contributed by atoms with van der Waals surface area (Å²) in [7, 11) is -3.26. The summed E-state index contributed by atoms with van der Waals surface area (Å²) in [5.74, 6) is -0.589. The van der Waals surface area contributed by atoms with Crippen molar-refractivity contribution in [2.24, 2.45) is 0 Å². The van der Waals surface area contributed by atoms with E-state index in [0.29, 0.717) is 15.7 Å². The number of halogens is 2. The lowest BCUT2D eigenvalue weighted by atomic mass is 10.1. The number of urea groups is 1. The van der Waals surface area contributed by atoms with Crippen molar-refractivity contribution >= 4 is 37.5 Å². The molecule has 0 N–H and O–H groups in total. The summed E-state index contributed by atoms with van der Waals surface area (Å²) in [5.41, 5.74) is 2.18. The van der Waals surface area contributed by atoms with E-state index < -0.39 is 27.7 Å². The Hall–Kier alpha value is -1.93. The second-order valence-corrected chi connectivity index (χ2v) is 10.3. The molecule has 28 heavy (non-hydrogen) atoms. The minimum absolute atomic E-state index is 0.0399. The predicted molar refractivity (Wildman–Crippen MR) is 110 cm³/mol. The number of amides is 2. The van der Waals surface area contributed by atoms with E-state index in [1.807, 2.05) is 31.2 Å². The molecule has 0 spiro atoms. The highest BCUT2D eigenvalue weighted by molar-refractivity contribution is 9.10. The molecule has 2 aromatic rings. The summed E-state index contributed by atoms with van der Waals surface area (Å²) >= 11 is 3.22. The molecule has 2 atom stereocenters. The van der Waals surface area contributed by atoms with E-state index >= 15 is 0 Å². The van der Waals surface area contributed by atoms with Crippen molar-refractivity contribution in [1.82, 2.24) is 4.90 Å². The van der Waals surface area contributed by atoms with Crippen molar-refractivity contribution in [1.29, 1.82) is 0 Å². The number of benzene rings is 2. The molecule has 2 aliphatic heterocycles. The molecule has 0 aliphatic carbocycles. The molecular formula is C20H20BrFN2O3S.